The third kappa shape index (κ3) is 3.34. The summed E-state index contributed by atoms with van der Waals surface area (Å²) in [5.74, 6) is 0.606. The lowest BCUT2D eigenvalue weighted by molar-refractivity contribution is -0.171. The molecule has 1 fully saturated rings. The lowest BCUT2D eigenvalue weighted by Crippen LogP contribution is -2.22. The Morgan fingerprint density at radius 3 is 2.94 bits per heavy atom. The Hall–Kier alpha value is -0.850. The van der Waals surface area contributed by atoms with Gasteiger partial charge in [0.25, 0.3) is 0 Å². The first-order valence-electron chi connectivity index (χ1n) is 5.80. The summed E-state index contributed by atoms with van der Waals surface area (Å²) in [7, 11) is 1.42. The molecule has 1 aromatic rings. The van der Waals surface area contributed by atoms with Crippen LogP contribution in [-0.4, -0.2) is 20.0 Å². The summed E-state index contributed by atoms with van der Waals surface area (Å²) in [6, 6.07) is 1.37. The highest BCUT2D eigenvalue weighted by atomic mass is 79.9. The average molecular weight is 319 g/mol. The first-order valence-corrected chi connectivity index (χ1v) is 6.59. The molecular weight excluding hydrogens is 304 g/mol. The molecule has 0 bridgehead atoms. The van der Waals surface area contributed by atoms with E-state index in [4.69, 9.17) is 18.6 Å². The van der Waals surface area contributed by atoms with E-state index < -0.39 is 0 Å². The summed E-state index contributed by atoms with van der Waals surface area (Å²) in [6.07, 6.45) is 2.84. The Morgan fingerprint density at radius 2 is 2.33 bits per heavy atom. The molecule has 0 saturated carbocycles. The van der Waals surface area contributed by atoms with Crippen molar-refractivity contribution in [2.24, 2.45) is 0 Å². The minimum atomic E-state index is -0.237. The van der Waals surface area contributed by atoms with E-state index in [2.05, 4.69) is 15.9 Å². The molecule has 0 spiro atoms. The maximum absolute atomic E-state index is 11.6. The fourth-order valence-corrected chi connectivity index (χ4v) is 2.33. The van der Waals surface area contributed by atoms with Crippen LogP contribution in [0.25, 0.3) is 0 Å². The summed E-state index contributed by atoms with van der Waals surface area (Å²) in [5, 5.41) is 0. The van der Waals surface area contributed by atoms with E-state index in [1.54, 1.807) is 0 Å². The van der Waals surface area contributed by atoms with E-state index in [0.717, 1.165) is 25.9 Å². The van der Waals surface area contributed by atoms with Crippen molar-refractivity contribution in [1.82, 2.24) is 0 Å². The minimum Gasteiger partial charge on any atom is -0.489 e. The molecule has 5 nitrogen and oxygen atoms in total. The molecule has 100 valence electrons. The Kier molecular flexibility index (Phi) is 4.79. The molecule has 0 aromatic carbocycles. The van der Waals surface area contributed by atoms with Gasteiger partial charge in [-0.2, -0.15) is 0 Å². The number of methoxy groups -OCH3 is 1. The molecule has 6 heteroatoms. The molecule has 0 N–H and O–H groups in total. The maximum atomic E-state index is 11.6. The van der Waals surface area contributed by atoms with Gasteiger partial charge in [0.15, 0.2) is 6.29 Å². The van der Waals surface area contributed by atoms with Crippen LogP contribution in [0.1, 0.15) is 25.0 Å². The zero-order valence-corrected chi connectivity index (χ0v) is 11.7. The molecule has 0 radical (unpaired) electrons. The van der Waals surface area contributed by atoms with E-state index >= 15 is 0 Å². The monoisotopic (exact) mass is 318 g/mol. The second-order valence-corrected chi connectivity index (χ2v) is 4.71. The van der Waals surface area contributed by atoms with E-state index in [0.29, 0.717) is 5.76 Å². The Labute approximate surface area is 113 Å². The average Bonchev–Trinajstić information content (AvgIpc) is 2.37. The molecule has 1 atom stereocenters. The maximum Gasteiger partial charge on any atom is 0.228 e. The summed E-state index contributed by atoms with van der Waals surface area (Å²) >= 11 is 3.15. The smallest absolute Gasteiger partial charge is 0.228 e. The van der Waals surface area contributed by atoms with Gasteiger partial charge in [0.05, 0.1) is 7.11 Å². The molecule has 1 aliphatic rings. The number of rotatable bonds is 4. The lowest BCUT2D eigenvalue weighted by Gasteiger charge is -2.22. The van der Waals surface area contributed by atoms with Gasteiger partial charge in [-0.05, 0) is 35.2 Å². The SMILES string of the molecule is COc1c(Br)oc(COC2CCCCO2)cc1=O. The highest BCUT2D eigenvalue weighted by Gasteiger charge is 2.16. The van der Waals surface area contributed by atoms with Crippen molar-refractivity contribution in [3.05, 3.63) is 26.7 Å². The summed E-state index contributed by atoms with van der Waals surface area (Å²) in [5.41, 5.74) is -0.237. The molecule has 1 saturated heterocycles. The van der Waals surface area contributed by atoms with Crippen molar-refractivity contribution in [1.29, 1.82) is 0 Å². The second-order valence-electron chi connectivity index (χ2n) is 3.99. The number of hydrogen-bond donors (Lipinski definition) is 0. The van der Waals surface area contributed by atoms with Crippen LogP contribution in [0.15, 0.2) is 19.9 Å². The van der Waals surface area contributed by atoms with Crippen LogP contribution in [-0.2, 0) is 16.1 Å². The zero-order chi connectivity index (χ0) is 13.0. The van der Waals surface area contributed by atoms with Crippen LogP contribution in [0.3, 0.4) is 0 Å². The van der Waals surface area contributed by atoms with Gasteiger partial charge < -0.3 is 18.6 Å². The number of hydrogen-bond acceptors (Lipinski definition) is 5. The van der Waals surface area contributed by atoms with E-state index in [-0.39, 0.29) is 28.7 Å². The Balaban J connectivity index is 1.99. The third-order valence-corrected chi connectivity index (χ3v) is 3.19. The topological polar surface area (TPSA) is 57.9 Å². The quantitative estimate of drug-likeness (QED) is 0.853. The van der Waals surface area contributed by atoms with Gasteiger partial charge in [-0.1, -0.05) is 0 Å². The van der Waals surface area contributed by atoms with E-state index in [1.807, 2.05) is 0 Å². The van der Waals surface area contributed by atoms with Crippen LogP contribution in [0, 0.1) is 0 Å². The largest absolute Gasteiger partial charge is 0.489 e. The summed E-state index contributed by atoms with van der Waals surface area (Å²) in [6.45, 7) is 0.934. The molecule has 1 aromatic heterocycles. The van der Waals surface area contributed by atoms with Gasteiger partial charge in [-0.15, -0.1) is 0 Å². The highest BCUT2D eigenvalue weighted by molar-refractivity contribution is 9.10. The lowest BCUT2D eigenvalue weighted by atomic mass is 10.2. The Morgan fingerprint density at radius 1 is 1.50 bits per heavy atom. The number of halogens is 1. The van der Waals surface area contributed by atoms with Crippen LogP contribution >= 0.6 is 15.9 Å². The van der Waals surface area contributed by atoms with Crippen LogP contribution in [0.5, 0.6) is 5.75 Å². The Bertz CT molecular complexity index is 450. The normalized spacial score (nSPS) is 19.8. The van der Waals surface area contributed by atoms with E-state index in [1.165, 1.54) is 13.2 Å². The van der Waals surface area contributed by atoms with Crippen LogP contribution in [0.2, 0.25) is 0 Å². The molecule has 1 aliphatic heterocycles. The van der Waals surface area contributed by atoms with Gasteiger partial charge in [0.2, 0.25) is 15.8 Å². The van der Waals surface area contributed by atoms with E-state index in [9.17, 15) is 4.79 Å². The fraction of sp³-hybridized carbons (Fsp3) is 0.583. The molecule has 1 unspecified atom stereocenters. The molecule has 2 heterocycles. The fourth-order valence-electron chi connectivity index (χ4n) is 1.77. The molecule has 18 heavy (non-hydrogen) atoms. The van der Waals surface area contributed by atoms with Crippen molar-refractivity contribution in [3.63, 3.8) is 0 Å². The van der Waals surface area contributed by atoms with Crippen molar-refractivity contribution in [2.75, 3.05) is 13.7 Å². The minimum absolute atomic E-state index is 0.160. The standard InChI is InChI=1S/C12H15BrO5/c1-15-11-9(14)6-8(18-12(11)13)7-17-10-4-2-3-5-16-10/h6,10H,2-5,7H2,1H3. The third-order valence-electron chi connectivity index (χ3n) is 2.67. The van der Waals surface area contributed by atoms with Gasteiger partial charge in [0.1, 0.15) is 12.4 Å². The first-order chi connectivity index (χ1) is 8.70. The van der Waals surface area contributed by atoms with Crippen molar-refractivity contribution >= 4 is 15.9 Å². The van der Waals surface area contributed by atoms with Gasteiger partial charge in [0, 0.05) is 12.7 Å². The molecule has 2 rings (SSSR count). The summed E-state index contributed by atoms with van der Waals surface area (Å²) in [4.78, 5) is 11.6. The van der Waals surface area contributed by atoms with Crippen molar-refractivity contribution in [2.45, 2.75) is 32.2 Å². The second kappa shape index (κ2) is 6.36. The van der Waals surface area contributed by atoms with Crippen molar-refractivity contribution in [3.8, 4) is 5.75 Å². The van der Waals surface area contributed by atoms with Crippen LogP contribution < -0.4 is 10.2 Å². The van der Waals surface area contributed by atoms with Crippen LogP contribution in [0.4, 0.5) is 0 Å². The van der Waals surface area contributed by atoms with Crippen molar-refractivity contribution < 1.29 is 18.6 Å². The molecule has 0 aliphatic carbocycles. The predicted molar refractivity (Wildman–Crippen MR) is 67.6 cm³/mol. The summed E-state index contributed by atoms with van der Waals surface area (Å²) < 4.78 is 21.5. The number of ether oxygens (including phenoxy) is 3. The molecular formula is C12H15BrO5. The van der Waals surface area contributed by atoms with Gasteiger partial charge >= 0.3 is 0 Å². The molecule has 0 amide bonds. The van der Waals surface area contributed by atoms with Gasteiger partial charge in [-0.3, -0.25) is 4.79 Å². The highest BCUT2D eigenvalue weighted by Crippen LogP contribution is 2.22. The first kappa shape index (κ1) is 13.6. The predicted octanol–water partition coefficient (Wildman–Crippen LogP) is 2.45. The van der Waals surface area contributed by atoms with Gasteiger partial charge in [-0.25, -0.2) is 0 Å². The zero-order valence-electron chi connectivity index (χ0n) is 10.1.